The van der Waals surface area contributed by atoms with E-state index in [1.165, 1.54) is 5.56 Å². The van der Waals surface area contributed by atoms with E-state index in [1.807, 2.05) is 64.2 Å². The molecule has 0 aliphatic heterocycles. The van der Waals surface area contributed by atoms with Crippen LogP contribution < -0.4 is 5.32 Å². The molecule has 1 N–H and O–H groups in total. The topological polar surface area (TPSA) is 57.1 Å². The molecule has 2 aromatic rings. The van der Waals surface area contributed by atoms with Gasteiger partial charge in [0.15, 0.2) is 5.84 Å². The molecule has 0 aliphatic rings. The molecule has 0 bridgehead atoms. The Bertz CT molecular complexity index is 997. The van der Waals surface area contributed by atoms with Crippen molar-refractivity contribution < 1.29 is 4.79 Å². The quantitative estimate of drug-likeness (QED) is 0.448. The number of rotatable bonds is 7. The van der Waals surface area contributed by atoms with Gasteiger partial charge in [-0.2, -0.15) is 0 Å². The molecule has 2 aromatic carbocycles. The number of carbonyl (C=O) groups is 1. The van der Waals surface area contributed by atoms with Crippen molar-refractivity contribution in [3.05, 3.63) is 83.7 Å². The number of aryl methyl sites for hydroxylation is 1. The Hall–Kier alpha value is -3.47. The molecule has 0 radical (unpaired) electrons. The minimum atomic E-state index is 0.00585. The molecule has 162 valence electrons. The lowest BCUT2D eigenvalue weighted by atomic mass is 10.1. The van der Waals surface area contributed by atoms with Crippen molar-refractivity contribution in [2.24, 2.45) is 9.98 Å². The van der Waals surface area contributed by atoms with Crippen LogP contribution >= 0.6 is 0 Å². The Kier molecular flexibility index (Phi) is 8.94. The Morgan fingerprint density at radius 1 is 1.00 bits per heavy atom. The van der Waals surface area contributed by atoms with Crippen molar-refractivity contribution in [3.63, 3.8) is 0 Å². The van der Waals surface area contributed by atoms with Gasteiger partial charge in [-0.3, -0.25) is 9.79 Å². The molecule has 0 aromatic heterocycles. The lowest BCUT2D eigenvalue weighted by Crippen LogP contribution is -2.26. The van der Waals surface area contributed by atoms with E-state index in [1.54, 1.807) is 18.1 Å². The predicted octanol–water partition coefficient (Wildman–Crippen LogP) is 5.95. The zero-order valence-corrected chi connectivity index (χ0v) is 19.3. The molecule has 0 atom stereocenters. The number of amidine groups is 1. The smallest absolute Gasteiger partial charge is 0.253 e. The molecule has 5 heteroatoms. The first kappa shape index (κ1) is 23.8. The number of nitrogens with one attached hydrogen (secondary N) is 1. The van der Waals surface area contributed by atoms with E-state index >= 15 is 0 Å². The van der Waals surface area contributed by atoms with Gasteiger partial charge < -0.3 is 10.2 Å². The molecule has 1 amide bonds. The van der Waals surface area contributed by atoms with Gasteiger partial charge in [0.2, 0.25) is 0 Å². The van der Waals surface area contributed by atoms with E-state index in [4.69, 9.17) is 0 Å². The van der Waals surface area contributed by atoms with Gasteiger partial charge in [-0.05, 0) is 70.0 Å². The number of allylic oxidation sites excluding steroid dienone is 2. The Labute approximate surface area is 185 Å². The molecule has 2 rings (SSSR count). The van der Waals surface area contributed by atoms with Crippen LogP contribution in [0.3, 0.4) is 0 Å². The zero-order valence-electron chi connectivity index (χ0n) is 19.3. The molecule has 31 heavy (non-hydrogen) atoms. The first-order valence-electron chi connectivity index (χ1n) is 10.5. The average molecular weight is 417 g/mol. The van der Waals surface area contributed by atoms with Gasteiger partial charge in [0, 0.05) is 37.2 Å². The lowest BCUT2D eigenvalue weighted by Gasteiger charge is -2.15. The van der Waals surface area contributed by atoms with Crippen molar-refractivity contribution >= 4 is 28.7 Å². The van der Waals surface area contributed by atoms with Crippen LogP contribution in [0.2, 0.25) is 0 Å². The standard InChI is InChI=1S/C26H32N4O/c1-7-17-27-25(21(5)28-18-20(4)22-11-9-19(3)10-12-22)29-24-15-13-23(14-16-24)26(31)30(6)8-2/h7,9-18H,8H2,1-6H3,(H,27,29)/b17-7-,20-18+,28-21?. The third kappa shape index (κ3) is 7.07. The molecule has 0 aliphatic carbocycles. The molecular formula is C26H32N4O. The van der Waals surface area contributed by atoms with E-state index in [-0.39, 0.29) is 5.91 Å². The Morgan fingerprint density at radius 3 is 2.19 bits per heavy atom. The second-order valence-corrected chi connectivity index (χ2v) is 7.37. The van der Waals surface area contributed by atoms with E-state index in [0.717, 1.165) is 22.5 Å². The van der Waals surface area contributed by atoms with Crippen LogP contribution in [-0.2, 0) is 0 Å². The zero-order chi connectivity index (χ0) is 22.8. The van der Waals surface area contributed by atoms with Crippen molar-refractivity contribution in [3.8, 4) is 0 Å². The van der Waals surface area contributed by atoms with Crippen molar-refractivity contribution in [1.29, 1.82) is 0 Å². The van der Waals surface area contributed by atoms with Crippen LogP contribution in [-0.4, -0.2) is 35.9 Å². The molecule has 0 saturated heterocycles. The van der Waals surface area contributed by atoms with Crippen LogP contribution in [0.4, 0.5) is 5.69 Å². The third-order valence-corrected chi connectivity index (χ3v) is 4.87. The maximum absolute atomic E-state index is 12.3. The van der Waals surface area contributed by atoms with Gasteiger partial charge in [-0.25, -0.2) is 4.99 Å². The van der Waals surface area contributed by atoms with Gasteiger partial charge in [0.25, 0.3) is 5.91 Å². The largest absolute Gasteiger partial charge is 0.342 e. The summed E-state index contributed by atoms with van der Waals surface area (Å²) in [7, 11) is 1.79. The highest BCUT2D eigenvalue weighted by molar-refractivity contribution is 6.45. The molecule has 0 spiro atoms. The summed E-state index contributed by atoms with van der Waals surface area (Å²) < 4.78 is 0. The SMILES string of the molecule is C/C=C\N=C(Nc1ccc(C(=O)N(C)CC)cc1)C(C)=N/C=C(\C)c1ccc(C)cc1. The van der Waals surface area contributed by atoms with Crippen LogP contribution in [0, 0.1) is 6.92 Å². The Morgan fingerprint density at radius 2 is 1.61 bits per heavy atom. The number of hydrogen-bond acceptors (Lipinski definition) is 3. The number of benzene rings is 2. The lowest BCUT2D eigenvalue weighted by molar-refractivity contribution is 0.0802. The highest BCUT2D eigenvalue weighted by atomic mass is 16.2. The fourth-order valence-corrected chi connectivity index (χ4v) is 2.71. The Balaban J connectivity index is 2.21. The second kappa shape index (κ2) is 11.6. The summed E-state index contributed by atoms with van der Waals surface area (Å²) in [6.45, 7) is 10.6. The molecule has 5 nitrogen and oxygen atoms in total. The summed E-state index contributed by atoms with van der Waals surface area (Å²) in [6.07, 6.45) is 5.45. The summed E-state index contributed by atoms with van der Waals surface area (Å²) in [5.41, 5.74) is 5.70. The van der Waals surface area contributed by atoms with Gasteiger partial charge in [-0.15, -0.1) is 0 Å². The number of nitrogens with zero attached hydrogens (tertiary/aromatic N) is 3. The van der Waals surface area contributed by atoms with Gasteiger partial charge in [-0.1, -0.05) is 35.9 Å². The number of hydrogen-bond donors (Lipinski definition) is 1. The van der Waals surface area contributed by atoms with Gasteiger partial charge in [0.05, 0.1) is 5.71 Å². The number of anilines is 1. The molecule has 0 saturated carbocycles. The number of aliphatic imine (C=N–C) groups is 2. The van der Waals surface area contributed by atoms with Gasteiger partial charge in [0.1, 0.15) is 0 Å². The fraction of sp³-hybridized carbons (Fsp3) is 0.269. The van der Waals surface area contributed by atoms with Crippen molar-refractivity contribution in [2.75, 3.05) is 18.9 Å². The summed E-state index contributed by atoms with van der Waals surface area (Å²) in [6, 6.07) is 15.8. The molecule has 0 heterocycles. The summed E-state index contributed by atoms with van der Waals surface area (Å²) in [5.74, 6) is 0.655. The first-order chi connectivity index (χ1) is 14.8. The molecule has 0 fully saturated rings. The summed E-state index contributed by atoms with van der Waals surface area (Å²) in [5, 5.41) is 3.31. The highest BCUT2D eigenvalue weighted by Crippen LogP contribution is 2.15. The monoisotopic (exact) mass is 416 g/mol. The van der Waals surface area contributed by atoms with Gasteiger partial charge >= 0.3 is 0 Å². The van der Waals surface area contributed by atoms with Crippen LogP contribution in [0.15, 0.2) is 77.0 Å². The van der Waals surface area contributed by atoms with Crippen molar-refractivity contribution in [1.82, 2.24) is 4.90 Å². The minimum absolute atomic E-state index is 0.00585. The predicted molar refractivity (Wildman–Crippen MR) is 133 cm³/mol. The summed E-state index contributed by atoms with van der Waals surface area (Å²) in [4.78, 5) is 23.1. The first-order valence-corrected chi connectivity index (χ1v) is 10.5. The molecule has 0 unspecified atom stereocenters. The number of carbonyl (C=O) groups excluding carboxylic acids is 1. The van der Waals surface area contributed by atoms with Crippen LogP contribution in [0.1, 0.15) is 49.2 Å². The van der Waals surface area contributed by atoms with Crippen LogP contribution in [0.25, 0.3) is 5.57 Å². The van der Waals surface area contributed by atoms with E-state index in [2.05, 4.69) is 46.5 Å². The second-order valence-electron chi connectivity index (χ2n) is 7.37. The maximum Gasteiger partial charge on any atom is 0.253 e. The van der Waals surface area contributed by atoms with E-state index in [0.29, 0.717) is 17.9 Å². The number of amides is 1. The molecular weight excluding hydrogens is 384 g/mol. The van der Waals surface area contributed by atoms with Crippen molar-refractivity contribution in [2.45, 2.75) is 34.6 Å². The third-order valence-electron chi connectivity index (χ3n) is 4.87. The fourth-order valence-electron chi connectivity index (χ4n) is 2.71. The minimum Gasteiger partial charge on any atom is -0.342 e. The maximum atomic E-state index is 12.3. The van der Waals surface area contributed by atoms with Crippen LogP contribution in [0.5, 0.6) is 0 Å². The highest BCUT2D eigenvalue weighted by Gasteiger charge is 2.10. The average Bonchev–Trinajstić information content (AvgIpc) is 2.79. The summed E-state index contributed by atoms with van der Waals surface area (Å²) >= 11 is 0. The van der Waals surface area contributed by atoms with E-state index < -0.39 is 0 Å². The normalized spacial score (nSPS) is 12.9. The van der Waals surface area contributed by atoms with E-state index in [9.17, 15) is 4.79 Å².